The van der Waals surface area contributed by atoms with E-state index in [0.29, 0.717) is 31.7 Å². The van der Waals surface area contributed by atoms with E-state index in [9.17, 15) is 9.90 Å². The Bertz CT molecular complexity index is 916. The third-order valence-corrected chi connectivity index (χ3v) is 5.62. The van der Waals surface area contributed by atoms with E-state index in [0.717, 1.165) is 41.0 Å². The van der Waals surface area contributed by atoms with Crippen LogP contribution in [0.1, 0.15) is 55.5 Å². The molecule has 0 aliphatic rings. The number of benzene rings is 1. The molecular weight excluding hydrogens is 422 g/mol. The fraction of sp³-hybridized carbons (Fsp3) is 0.542. The molecule has 1 aromatic heterocycles. The van der Waals surface area contributed by atoms with Crippen molar-refractivity contribution < 1.29 is 19.7 Å². The van der Waals surface area contributed by atoms with Gasteiger partial charge in [-0.05, 0) is 43.5 Å². The fourth-order valence-electron chi connectivity index (χ4n) is 3.89. The highest BCUT2D eigenvalue weighted by Gasteiger charge is 2.18. The van der Waals surface area contributed by atoms with E-state index in [2.05, 4.69) is 22.2 Å². The lowest BCUT2D eigenvalue weighted by molar-refractivity contribution is -0.138. The highest BCUT2D eigenvalue weighted by molar-refractivity contribution is 5.69. The van der Waals surface area contributed by atoms with Crippen LogP contribution < -0.4 is 15.8 Å². The second-order valence-corrected chi connectivity index (χ2v) is 8.16. The number of nitrogens with two attached hydrogens (primary N) is 1. The molecule has 182 valence electrons. The molecule has 0 unspecified atom stereocenters. The summed E-state index contributed by atoms with van der Waals surface area (Å²) < 4.78 is 5.66. The van der Waals surface area contributed by atoms with Crippen LogP contribution in [0.3, 0.4) is 0 Å². The maximum Gasteiger partial charge on any atom is 0.317 e. The Balaban J connectivity index is 2.32. The van der Waals surface area contributed by atoms with Crippen LogP contribution in [0, 0.1) is 6.92 Å². The molecule has 0 saturated carbocycles. The molecule has 0 amide bonds. The summed E-state index contributed by atoms with van der Waals surface area (Å²) in [6.45, 7) is 7.20. The Kier molecular flexibility index (Phi) is 10.3. The van der Waals surface area contributed by atoms with Gasteiger partial charge in [-0.2, -0.15) is 4.98 Å². The van der Waals surface area contributed by atoms with Gasteiger partial charge in [0.2, 0.25) is 5.95 Å². The van der Waals surface area contributed by atoms with E-state index in [-0.39, 0.29) is 25.1 Å². The zero-order valence-corrected chi connectivity index (χ0v) is 20.1. The molecule has 33 heavy (non-hydrogen) atoms. The number of anilines is 2. The van der Waals surface area contributed by atoms with Crippen LogP contribution >= 0.6 is 0 Å². The lowest BCUT2D eigenvalue weighted by Crippen LogP contribution is -2.29. The highest BCUT2D eigenvalue weighted by atomic mass is 16.5. The van der Waals surface area contributed by atoms with Crippen LogP contribution in [0.5, 0.6) is 5.75 Å². The molecule has 0 aliphatic carbocycles. The Morgan fingerprint density at radius 1 is 1.27 bits per heavy atom. The highest BCUT2D eigenvalue weighted by Crippen LogP contribution is 2.28. The van der Waals surface area contributed by atoms with Gasteiger partial charge in [-0.15, -0.1) is 0 Å². The smallest absolute Gasteiger partial charge is 0.317 e. The molecule has 0 bridgehead atoms. The Morgan fingerprint density at radius 3 is 2.64 bits per heavy atom. The summed E-state index contributed by atoms with van der Waals surface area (Å²) in [6.07, 6.45) is 3.06. The number of aliphatic hydroxyl groups excluding tert-OH is 1. The Labute approximate surface area is 196 Å². The van der Waals surface area contributed by atoms with Crippen LogP contribution in [0.15, 0.2) is 18.2 Å². The third kappa shape index (κ3) is 7.87. The number of ether oxygens (including phenoxy) is 1. The largest absolute Gasteiger partial charge is 0.496 e. The first-order valence-corrected chi connectivity index (χ1v) is 11.4. The molecule has 1 heterocycles. The number of carbonyl (C=O) groups is 1. The summed E-state index contributed by atoms with van der Waals surface area (Å²) in [7, 11) is 1.63. The molecule has 1 atom stereocenters. The van der Waals surface area contributed by atoms with Gasteiger partial charge in [-0.1, -0.05) is 32.4 Å². The van der Waals surface area contributed by atoms with Crippen LogP contribution in [-0.4, -0.2) is 63.9 Å². The van der Waals surface area contributed by atoms with Crippen LogP contribution in [0.2, 0.25) is 0 Å². The first-order chi connectivity index (χ1) is 15.8. The number of nitrogen functional groups attached to an aromatic ring is 1. The minimum atomic E-state index is -0.845. The molecule has 5 N–H and O–H groups in total. The standard InChI is InChI=1S/C24H37N5O4/c1-5-7-19(10-11-30)27-23-20(16(3)26-24(25)28-23)13-18-9-8-17(12-21(18)33-4)14-29(6-2)15-22(31)32/h8-9,12,19,30H,5-7,10-11,13-15H2,1-4H3,(H,31,32)(H3,25,26,27,28)/t19-/m0/s1. The van der Waals surface area contributed by atoms with Crippen molar-refractivity contribution in [1.29, 1.82) is 0 Å². The summed E-state index contributed by atoms with van der Waals surface area (Å²) in [5.41, 5.74) is 9.59. The van der Waals surface area contributed by atoms with E-state index in [4.69, 9.17) is 15.6 Å². The van der Waals surface area contributed by atoms with Crippen LogP contribution in [-0.2, 0) is 17.8 Å². The van der Waals surface area contributed by atoms with Gasteiger partial charge in [-0.3, -0.25) is 9.69 Å². The lowest BCUT2D eigenvalue weighted by atomic mass is 10.0. The van der Waals surface area contributed by atoms with E-state index >= 15 is 0 Å². The molecule has 0 fully saturated rings. The van der Waals surface area contributed by atoms with Crippen molar-refractivity contribution in [2.24, 2.45) is 0 Å². The molecule has 2 rings (SSSR count). The van der Waals surface area contributed by atoms with E-state index in [1.165, 1.54) is 0 Å². The van der Waals surface area contributed by atoms with E-state index < -0.39 is 5.97 Å². The van der Waals surface area contributed by atoms with Gasteiger partial charge in [0.1, 0.15) is 11.6 Å². The van der Waals surface area contributed by atoms with Crippen molar-refractivity contribution in [3.8, 4) is 5.75 Å². The molecular formula is C24H37N5O4. The fourth-order valence-corrected chi connectivity index (χ4v) is 3.89. The normalized spacial score (nSPS) is 12.1. The quantitative estimate of drug-likeness (QED) is 0.336. The van der Waals surface area contributed by atoms with Crippen molar-refractivity contribution in [3.05, 3.63) is 40.6 Å². The first-order valence-electron chi connectivity index (χ1n) is 11.4. The van der Waals surface area contributed by atoms with E-state index in [1.54, 1.807) is 7.11 Å². The molecule has 9 heteroatoms. The number of aliphatic hydroxyl groups is 1. The average Bonchev–Trinajstić information content (AvgIpc) is 2.76. The minimum absolute atomic E-state index is 0.00959. The maximum absolute atomic E-state index is 11.1. The number of nitrogens with one attached hydrogen (secondary N) is 1. The summed E-state index contributed by atoms with van der Waals surface area (Å²) in [6, 6.07) is 6.03. The number of aryl methyl sites for hydroxylation is 1. The summed E-state index contributed by atoms with van der Waals surface area (Å²) in [5, 5.41) is 22.0. The predicted molar refractivity (Wildman–Crippen MR) is 130 cm³/mol. The molecule has 0 aliphatic heterocycles. The molecule has 0 spiro atoms. The molecule has 1 aromatic carbocycles. The van der Waals surface area contributed by atoms with Crippen molar-refractivity contribution in [1.82, 2.24) is 14.9 Å². The SMILES string of the molecule is CCC[C@@H](CCO)Nc1nc(N)nc(C)c1Cc1ccc(CN(CC)CC(=O)O)cc1OC. The molecule has 9 nitrogen and oxygen atoms in total. The zero-order chi connectivity index (χ0) is 24.4. The Morgan fingerprint density at radius 2 is 2.03 bits per heavy atom. The number of hydrogen-bond acceptors (Lipinski definition) is 8. The van der Waals surface area contributed by atoms with Crippen LogP contribution in [0.25, 0.3) is 0 Å². The van der Waals surface area contributed by atoms with Crippen molar-refractivity contribution in [3.63, 3.8) is 0 Å². The molecule has 0 radical (unpaired) electrons. The number of carboxylic acids is 1. The second-order valence-electron chi connectivity index (χ2n) is 8.16. The van der Waals surface area contributed by atoms with Gasteiger partial charge in [-0.25, -0.2) is 4.98 Å². The number of methoxy groups -OCH3 is 1. The Hall–Kier alpha value is -2.91. The monoisotopic (exact) mass is 459 g/mol. The van der Waals surface area contributed by atoms with E-state index in [1.807, 2.05) is 36.9 Å². The zero-order valence-electron chi connectivity index (χ0n) is 20.1. The predicted octanol–water partition coefficient (Wildman–Crippen LogP) is 2.84. The number of aromatic nitrogens is 2. The summed E-state index contributed by atoms with van der Waals surface area (Å²) in [5.74, 6) is 0.762. The van der Waals surface area contributed by atoms with Crippen LogP contribution in [0.4, 0.5) is 11.8 Å². The first kappa shape index (κ1) is 26.3. The second kappa shape index (κ2) is 13.0. The van der Waals surface area contributed by atoms with Crippen molar-refractivity contribution in [2.75, 3.05) is 37.9 Å². The van der Waals surface area contributed by atoms with Gasteiger partial charge < -0.3 is 26.0 Å². The van der Waals surface area contributed by atoms with Crippen molar-refractivity contribution in [2.45, 2.75) is 59.0 Å². The van der Waals surface area contributed by atoms with Gasteiger partial charge in [0.05, 0.1) is 13.7 Å². The van der Waals surface area contributed by atoms with Crippen molar-refractivity contribution >= 4 is 17.7 Å². The number of nitrogens with zero attached hydrogens (tertiary/aromatic N) is 3. The number of hydrogen-bond donors (Lipinski definition) is 4. The lowest BCUT2D eigenvalue weighted by Gasteiger charge is -2.22. The molecule has 0 saturated heterocycles. The van der Waals surface area contributed by atoms with Gasteiger partial charge in [0.15, 0.2) is 0 Å². The van der Waals surface area contributed by atoms with Gasteiger partial charge >= 0.3 is 5.97 Å². The summed E-state index contributed by atoms with van der Waals surface area (Å²) >= 11 is 0. The maximum atomic E-state index is 11.1. The number of aliphatic carboxylic acids is 1. The molecule has 2 aromatic rings. The average molecular weight is 460 g/mol. The number of rotatable bonds is 14. The van der Waals surface area contributed by atoms with Gasteiger partial charge in [0.25, 0.3) is 0 Å². The number of likely N-dealkylation sites (N-methyl/N-ethyl adjacent to an activating group) is 1. The summed E-state index contributed by atoms with van der Waals surface area (Å²) in [4.78, 5) is 21.7. The van der Waals surface area contributed by atoms with Gasteiger partial charge in [0, 0.05) is 36.9 Å². The number of carboxylic acid groups (broad SMARTS) is 1. The minimum Gasteiger partial charge on any atom is -0.496 e. The topological polar surface area (TPSA) is 134 Å². The third-order valence-electron chi connectivity index (χ3n) is 5.62.